The maximum atomic E-state index is 2.88. The lowest BCUT2D eigenvalue weighted by Gasteiger charge is -2.57. The van der Waals surface area contributed by atoms with Crippen LogP contribution in [0.15, 0.2) is 152 Å². The molecule has 364 valence electrons. The van der Waals surface area contributed by atoms with Gasteiger partial charge in [0, 0.05) is 59.0 Å². The highest BCUT2D eigenvalue weighted by molar-refractivity contribution is 7.25. The molecular weight excluding hydrogens is 924 g/mol. The third kappa shape index (κ3) is 5.39. The molecule has 0 N–H and O–H groups in total. The largest absolute Gasteiger partial charge is 0.376 e. The normalized spacial score (nSPS) is 28.5. The molecule has 8 bridgehead atoms. The highest BCUT2D eigenvalue weighted by Crippen LogP contribution is 2.64. The molecule has 8 saturated carbocycles. The highest BCUT2D eigenvalue weighted by atomic mass is 32.1. The van der Waals surface area contributed by atoms with Crippen molar-refractivity contribution in [1.29, 1.82) is 0 Å². The smallest absolute Gasteiger partial charge is 0.333 e. The minimum atomic E-state index is -0.213. The summed E-state index contributed by atoms with van der Waals surface area (Å²) in [5.41, 5.74) is 24.6. The van der Waals surface area contributed by atoms with Gasteiger partial charge in [0.1, 0.15) is 0 Å². The molecule has 11 aliphatic rings. The Morgan fingerprint density at radius 1 is 0.480 bits per heavy atom. The van der Waals surface area contributed by atoms with Gasteiger partial charge in [0.2, 0.25) is 0 Å². The summed E-state index contributed by atoms with van der Waals surface area (Å²) in [6.07, 6.45) is 17.1. The Hall–Kier alpha value is -6.36. The van der Waals surface area contributed by atoms with Crippen LogP contribution in [0.3, 0.4) is 0 Å². The van der Waals surface area contributed by atoms with Crippen molar-refractivity contribution in [2.45, 2.75) is 107 Å². The Kier molecular flexibility index (Phi) is 7.90. The molecule has 0 radical (unpaired) electrons. The van der Waals surface area contributed by atoms with Gasteiger partial charge < -0.3 is 9.38 Å². The fourth-order valence-corrected chi connectivity index (χ4v) is 21.4. The van der Waals surface area contributed by atoms with E-state index in [1.54, 1.807) is 11.1 Å². The summed E-state index contributed by atoms with van der Waals surface area (Å²) in [5.74, 6) is 5.34. The van der Waals surface area contributed by atoms with E-state index < -0.39 is 0 Å². The van der Waals surface area contributed by atoms with E-state index in [-0.39, 0.29) is 17.7 Å². The van der Waals surface area contributed by atoms with Crippen LogP contribution >= 0.6 is 11.3 Å². The molecule has 10 aromatic rings. The summed E-state index contributed by atoms with van der Waals surface area (Å²) >= 11 is 1.96. The summed E-state index contributed by atoms with van der Waals surface area (Å²) in [6, 6.07) is 61.0. The van der Waals surface area contributed by atoms with Crippen LogP contribution in [0.25, 0.3) is 81.0 Å². The lowest BCUT2D eigenvalue weighted by atomic mass is 9.42. The molecule has 9 aliphatic carbocycles. The second-order valence-electron chi connectivity index (χ2n) is 26.9. The molecule has 4 heteroatoms. The van der Waals surface area contributed by atoms with Crippen molar-refractivity contribution in [3.05, 3.63) is 174 Å². The summed E-state index contributed by atoms with van der Waals surface area (Å²) in [5, 5.41) is 5.75. The molecule has 0 unspecified atom stereocenters. The van der Waals surface area contributed by atoms with Gasteiger partial charge in [-0.2, -0.15) is 0 Å². The van der Waals surface area contributed by atoms with Crippen LogP contribution in [0.2, 0.25) is 0 Å². The summed E-state index contributed by atoms with van der Waals surface area (Å²) in [6.45, 7) is 5.04. The lowest BCUT2D eigenvalue weighted by molar-refractivity contribution is -0.00526. The maximum absolute atomic E-state index is 2.88. The average molecular weight is 985 g/mol. The van der Waals surface area contributed by atoms with E-state index in [4.69, 9.17) is 0 Å². The molecule has 0 atom stereocenters. The van der Waals surface area contributed by atoms with Gasteiger partial charge in [0.25, 0.3) is 0 Å². The van der Waals surface area contributed by atoms with Crippen LogP contribution in [0.1, 0.15) is 113 Å². The zero-order chi connectivity index (χ0) is 48.8. The van der Waals surface area contributed by atoms with Crippen molar-refractivity contribution < 1.29 is 0 Å². The number of hydrogen-bond donors (Lipinski definition) is 0. The standard InChI is InChI=1S/C71H61BN2S/c1-69(2)59-14-8-6-12-51(59)56-32-57-54-31-55-52-13-7-9-15-63(52)75-64(55)33-62(54)74(50-19-16-47(17-20-50)46-10-4-3-5-11-46)72-60-30-49(71-37-43-25-44(38-71)27-45(26-43)39-71)29-58-53-28-48(70-34-40-22-41(35-70)24-42(23-40)36-70)18-21-61(53)73(67(58)60)68(65(56)69)66(57)72/h3-21,28-33,40-45H,22-27,34-39H2,1-2H3. The first-order valence-electron chi connectivity index (χ1n) is 29.1. The van der Waals surface area contributed by atoms with Crippen molar-refractivity contribution in [2.24, 2.45) is 35.5 Å². The summed E-state index contributed by atoms with van der Waals surface area (Å²) in [4.78, 5) is 2.85. The summed E-state index contributed by atoms with van der Waals surface area (Å²) < 4.78 is 5.61. The van der Waals surface area contributed by atoms with Gasteiger partial charge in [0.05, 0.1) is 11.0 Å². The first-order chi connectivity index (χ1) is 36.7. The van der Waals surface area contributed by atoms with Gasteiger partial charge in [-0.15, -0.1) is 11.3 Å². The minimum Gasteiger partial charge on any atom is -0.376 e. The third-order valence-electron chi connectivity index (χ3n) is 22.4. The third-order valence-corrected chi connectivity index (χ3v) is 23.5. The second kappa shape index (κ2) is 14.2. The zero-order valence-corrected chi connectivity index (χ0v) is 44.1. The average Bonchev–Trinajstić information content (AvgIpc) is 4.26. The summed E-state index contributed by atoms with van der Waals surface area (Å²) in [7, 11) is 0. The predicted octanol–water partition coefficient (Wildman–Crippen LogP) is 17.3. The first kappa shape index (κ1) is 41.8. The van der Waals surface area contributed by atoms with Gasteiger partial charge in [-0.25, -0.2) is 0 Å². The van der Waals surface area contributed by atoms with E-state index in [0.717, 1.165) is 35.5 Å². The number of thiophene rings is 1. The van der Waals surface area contributed by atoms with Gasteiger partial charge in [-0.3, -0.25) is 0 Å². The van der Waals surface area contributed by atoms with Crippen LogP contribution in [0.5, 0.6) is 0 Å². The number of anilines is 2. The van der Waals surface area contributed by atoms with Crippen molar-refractivity contribution in [3.63, 3.8) is 0 Å². The Balaban J connectivity index is 0.962. The molecular formula is C71H61BN2S. The van der Waals surface area contributed by atoms with Crippen LogP contribution in [-0.4, -0.2) is 11.4 Å². The zero-order valence-electron chi connectivity index (χ0n) is 43.3. The maximum Gasteiger partial charge on any atom is 0.333 e. The molecule has 2 nitrogen and oxygen atoms in total. The Morgan fingerprint density at radius 3 is 1.83 bits per heavy atom. The Bertz CT molecular complexity index is 4120. The van der Waals surface area contributed by atoms with Crippen molar-refractivity contribution in [1.82, 2.24) is 4.57 Å². The molecule has 21 rings (SSSR count). The lowest BCUT2D eigenvalue weighted by Crippen LogP contribution is -2.61. The van der Waals surface area contributed by atoms with E-state index in [1.165, 1.54) is 192 Å². The number of rotatable bonds is 4. The van der Waals surface area contributed by atoms with Gasteiger partial charge >= 0.3 is 6.85 Å². The monoisotopic (exact) mass is 984 g/mol. The van der Waals surface area contributed by atoms with Gasteiger partial charge in [-0.05, 0) is 239 Å². The fraction of sp³-hybridized carbons (Fsp3) is 0.324. The van der Waals surface area contributed by atoms with E-state index >= 15 is 0 Å². The number of aromatic nitrogens is 1. The van der Waals surface area contributed by atoms with Crippen LogP contribution in [0.4, 0.5) is 11.4 Å². The molecule has 2 aromatic heterocycles. The Morgan fingerprint density at radius 2 is 1.11 bits per heavy atom. The van der Waals surface area contributed by atoms with E-state index in [0.29, 0.717) is 5.41 Å². The van der Waals surface area contributed by atoms with Crippen molar-refractivity contribution in [3.8, 4) is 39.1 Å². The minimum absolute atomic E-state index is 0.0301. The molecule has 75 heavy (non-hydrogen) atoms. The van der Waals surface area contributed by atoms with Gasteiger partial charge in [0.15, 0.2) is 0 Å². The Labute approximate surface area is 444 Å². The van der Waals surface area contributed by atoms with E-state index in [9.17, 15) is 0 Å². The SMILES string of the molecule is CC1(C)c2ccccc2-c2cc3c4c(c21)-n1c2ccc(C56CC7CC(CC(C7)C5)C6)cc2c2cc(C56CC7CC(CC(C7)C5)C6)cc(c21)B4N(c1ccc(-c2ccccc2)cc1)c1cc2sc4ccccc4c2cc1-3. The second-order valence-corrected chi connectivity index (χ2v) is 27.9. The van der Waals surface area contributed by atoms with Crippen molar-refractivity contribution >= 4 is 82.5 Å². The van der Waals surface area contributed by atoms with Crippen LogP contribution in [-0.2, 0) is 16.2 Å². The number of fused-ring (bicyclic) bond motifs is 14. The van der Waals surface area contributed by atoms with Crippen molar-refractivity contribution in [2.75, 3.05) is 4.81 Å². The molecule has 4 heterocycles. The molecule has 0 spiro atoms. The molecule has 0 amide bonds. The number of nitrogens with zero attached hydrogens (tertiary/aromatic N) is 2. The molecule has 8 aromatic carbocycles. The molecule has 2 aliphatic heterocycles. The molecule has 0 saturated heterocycles. The van der Waals surface area contributed by atoms with E-state index in [1.807, 2.05) is 11.3 Å². The highest BCUT2D eigenvalue weighted by Gasteiger charge is 2.55. The van der Waals surface area contributed by atoms with Gasteiger partial charge in [-0.1, -0.05) is 111 Å². The number of benzene rings is 8. The first-order valence-corrected chi connectivity index (χ1v) is 29.9. The van der Waals surface area contributed by atoms with Crippen LogP contribution < -0.4 is 15.7 Å². The quantitative estimate of drug-likeness (QED) is 0.160. The van der Waals surface area contributed by atoms with Crippen LogP contribution in [0, 0.1) is 35.5 Å². The fourth-order valence-electron chi connectivity index (χ4n) is 20.3. The topological polar surface area (TPSA) is 8.17 Å². The predicted molar refractivity (Wildman–Crippen MR) is 315 cm³/mol. The number of hydrogen-bond acceptors (Lipinski definition) is 2. The van der Waals surface area contributed by atoms with E-state index in [2.05, 4.69) is 175 Å². The molecule has 8 fully saturated rings.